The van der Waals surface area contributed by atoms with Gasteiger partial charge in [0.05, 0.1) is 0 Å². The van der Waals surface area contributed by atoms with Gasteiger partial charge in [-0.15, -0.1) is 0 Å². The van der Waals surface area contributed by atoms with Crippen LogP contribution in [0, 0.1) is 16.3 Å². The van der Waals surface area contributed by atoms with E-state index in [9.17, 15) is 4.39 Å². The summed E-state index contributed by atoms with van der Waals surface area (Å²) in [6, 6.07) is 4.89. The first-order chi connectivity index (χ1) is 7.09. The van der Waals surface area contributed by atoms with Crippen molar-refractivity contribution >= 4 is 28.4 Å². The largest absolute Gasteiger partial charge is 0.380 e. The topological polar surface area (TPSA) is 52.0 Å². The van der Waals surface area contributed by atoms with Crippen LogP contribution in [0.4, 0.5) is 10.2 Å². The van der Waals surface area contributed by atoms with Crippen LogP contribution in [-0.4, -0.2) is 5.16 Å². The van der Waals surface area contributed by atoms with Crippen LogP contribution in [0.25, 0.3) is 11.3 Å². The SMILES string of the molecule is Cc1ccc(-c2onc(N)c2I)cc1F. The lowest BCUT2D eigenvalue weighted by Crippen LogP contribution is -1.87. The Kier molecular flexibility index (Phi) is 2.64. The van der Waals surface area contributed by atoms with Gasteiger partial charge in [0.25, 0.3) is 0 Å². The molecule has 15 heavy (non-hydrogen) atoms. The molecule has 1 aromatic heterocycles. The van der Waals surface area contributed by atoms with Gasteiger partial charge in [0.1, 0.15) is 9.39 Å². The number of rotatable bonds is 1. The zero-order chi connectivity index (χ0) is 11.0. The van der Waals surface area contributed by atoms with E-state index in [-0.39, 0.29) is 5.82 Å². The maximum absolute atomic E-state index is 13.3. The second-order valence-corrected chi connectivity index (χ2v) is 4.25. The Balaban J connectivity index is 2.55. The average molecular weight is 318 g/mol. The van der Waals surface area contributed by atoms with Crippen LogP contribution in [0.5, 0.6) is 0 Å². The molecule has 3 nitrogen and oxygen atoms in total. The van der Waals surface area contributed by atoms with Gasteiger partial charge in [-0.2, -0.15) is 0 Å². The van der Waals surface area contributed by atoms with Crippen LogP contribution in [-0.2, 0) is 0 Å². The Labute approximate surface area is 99.6 Å². The molecule has 5 heteroatoms. The molecule has 0 unspecified atom stereocenters. The van der Waals surface area contributed by atoms with Crippen molar-refractivity contribution in [1.29, 1.82) is 0 Å². The molecule has 0 aliphatic heterocycles. The molecule has 0 bridgehead atoms. The van der Waals surface area contributed by atoms with Gasteiger partial charge < -0.3 is 10.3 Å². The molecule has 2 aromatic rings. The quantitative estimate of drug-likeness (QED) is 0.823. The van der Waals surface area contributed by atoms with Crippen LogP contribution in [0.15, 0.2) is 22.7 Å². The molecular weight excluding hydrogens is 310 g/mol. The maximum atomic E-state index is 13.3. The summed E-state index contributed by atoms with van der Waals surface area (Å²) in [5, 5.41) is 3.62. The molecule has 0 atom stereocenters. The maximum Gasteiger partial charge on any atom is 0.182 e. The third-order valence-electron chi connectivity index (χ3n) is 2.09. The predicted molar refractivity (Wildman–Crippen MR) is 63.8 cm³/mol. The number of nitrogens with zero attached hydrogens (tertiary/aromatic N) is 1. The summed E-state index contributed by atoms with van der Waals surface area (Å²) >= 11 is 2.02. The molecule has 0 amide bonds. The Bertz CT molecular complexity index is 510. The standard InChI is InChI=1S/C10H8FIN2O/c1-5-2-3-6(4-7(5)11)9-8(12)10(13)14-15-9/h2-4H,1H3,(H2,13,14). The van der Waals surface area contributed by atoms with E-state index >= 15 is 0 Å². The monoisotopic (exact) mass is 318 g/mol. The fourth-order valence-electron chi connectivity index (χ4n) is 1.20. The first kappa shape index (κ1) is 10.4. The van der Waals surface area contributed by atoms with E-state index in [1.165, 1.54) is 6.07 Å². The van der Waals surface area contributed by atoms with Gasteiger partial charge in [0.15, 0.2) is 11.6 Å². The van der Waals surface area contributed by atoms with E-state index in [0.717, 1.165) is 0 Å². The van der Waals surface area contributed by atoms with Crippen LogP contribution in [0.1, 0.15) is 5.56 Å². The number of benzene rings is 1. The van der Waals surface area contributed by atoms with Gasteiger partial charge in [-0.05, 0) is 41.1 Å². The molecule has 0 saturated carbocycles. The van der Waals surface area contributed by atoms with Crippen molar-refractivity contribution in [3.63, 3.8) is 0 Å². The van der Waals surface area contributed by atoms with Crippen molar-refractivity contribution in [2.75, 3.05) is 5.73 Å². The van der Waals surface area contributed by atoms with Gasteiger partial charge in [0.2, 0.25) is 0 Å². The first-order valence-corrected chi connectivity index (χ1v) is 5.34. The summed E-state index contributed by atoms with van der Waals surface area (Å²) in [5.41, 5.74) is 6.78. The lowest BCUT2D eigenvalue weighted by Gasteiger charge is -1.99. The van der Waals surface area contributed by atoms with Crippen LogP contribution < -0.4 is 5.73 Å². The number of hydrogen-bond acceptors (Lipinski definition) is 3. The van der Waals surface area contributed by atoms with Gasteiger partial charge in [0, 0.05) is 5.56 Å². The second kappa shape index (κ2) is 3.80. The van der Waals surface area contributed by atoms with E-state index in [4.69, 9.17) is 10.3 Å². The Morgan fingerprint density at radius 3 is 2.73 bits per heavy atom. The molecule has 0 fully saturated rings. The minimum Gasteiger partial charge on any atom is -0.380 e. The highest BCUT2D eigenvalue weighted by molar-refractivity contribution is 14.1. The summed E-state index contributed by atoms with van der Waals surface area (Å²) in [6.07, 6.45) is 0. The molecule has 2 N–H and O–H groups in total. The van der Waals surface area contributed by atoms with Crippen molar-refractivity contribution in [3.05, 3.63) is 33.1 Å². The van der Waals surface area contributed by atoms with Crippen molar-refractivity contribution in [2.24, 2.45) is 0 Å². The highest BCUT2D eigenvalue weighted by atomic mass is 127. The lowest BCUT2D eigenvalue weighted by atomic mass is 10.1. The minimum absolute atomic E-state index is 0.265. The molecule has 0 radical (unpaired) electrons. The smallest absolute Gasteiger partial charge is 0.182 e. The molecular formula is C10H8FIN2O. The highest BCUT2D eigenvalue weighted by Crippen LogP contribution is 2.29. The minimum atomic E-state index is -0.265. The molecule has 78 valence electrons. The number of aryl methyl sites for hydroxylation is 1. The number of nitrogen functional groups attached to an aromatic ring is 1. The molecule has 0 aliphatic carbocycles. The van der Waals surface area contributed by atoms with Crippen LogP contribution in [0.2, 0.25) is 0 Å². The van der Waals surface area contributed by atoms with Crippen molar-refractivity contribution in [1.82, 2.24) is 5.16 Å². The number of nitrogens with two attached hydrogens (primary N) is 1. The van der Waals surface area contributed by atoms with Gasteiger partial charge in [-0.25, -0.2) is 4.39 Å². The molecule has 0 aliphatic rings. The van der Waals surface area contributed by atoms with E-state index in [1.54, 1.807) is 19.1 Å². The Morgan fingerprint density at radius 2 is 2.20 bits per heavy atom. The second-order valence-electron chi connectivity index (χ2n) is 3.17. The van der Waals surface area contributed by atoms with E-state index in [2.05, 4.69) is 5.16 Å². The lowest BCUT2D eigenvalue weighted by molar-refractivity contribution is 0.435. The first-order valence-electron chi connectivity index (χ1n) is 4.26. The van der Waals surface area contributed by atoms with Gasteiger partial charge >= 0.3 is 0 Å². The zero-order valence-electron chi connectivity index (χ0n) is 7.92. The number of anilines is 1. The molecule has 1 aromatic carbocycles. The predicted octanol–water partition coefficient (Wildman–Crippen LogP) is 2.98. The van der Waals surface area contributed by atoms with Crippen molar-refractivity contribution in [2.45, 2.75) is 6.92 Å². The average Bonchev–Trinajstić information content (AvgIpc) is 2.53. The summed E-state index contributed by atoms with van der Waals surface area (Å²) in [7, 11) is 0. The number of hydrogen-bond donors (Lipinski definition) is 1. The summed E-state index contributed by atoms with van der Waals surface area (Å²) in [6.45, 7) is 1.71. The molecule has 0 spiro atoms. The third kappa shape index (κ3) is 1.83. The Hall–Kier alpha value is -1.11. The van der Waals surface area contributed by atoms with E-state index in [1.807, 2.05) is 22.6 Å². The van der Waals surface area contributed by atoms with Crippen molar-refractivity contribution in [3.8, 4) is 11.3 Å². The molecule has 0 saturated heterocycles. The summed E-state index contributed by atoms with van der Waals surface area (Å²) in [4.78, 5) is 0. The number of halogens is 2. The normalized spacial score (nSPS) is 10.6. The van der Waals surface area contributed by atoms with Crippen LogP contribution in [0.3, 0.4) is 0 Å². The fourth-order valence-corrected chi connectivity index (χ4v) is 1.71. The van der Waals surface area contributed by atoms with Gasteiger partial charge in [-0.3, -0.25) is 0 Å². The van der Waals surface area contributed by atoms with E-state index < -0.39 is 0 Å². The highest BCUT2D eigenvalue weighted by Gasteiger charge is 2.13. The van der Waals surface area contributed by atoms with Gasteiger partial charge in [-0.1, -0.05) is 17.3 Å². The summed E-state index contributed by atoms with van der Waals surface area (Å²) < 4.78 is 19.0. The van der Waals surface area contributed by atoms with Crippen molar-refractivity contribution < 1.29 is 8.91 Å². The molecule has 2 rings (SSSR count). The summed E-state index contributed by atoms with van der Waals surface area (Å²) in [5.74, 6) is 0.567. The van der Waals surface area contributed by atoms with Crippen LogP contribution >= 0.6 is 22.6 Å². The fraction of sp³-hybridized carbons (Fsp3) is 0.100. The third-order valence-corrected chi connectivity index (χ3v) is 3.14. The Morgan fingerprint density at radius 1 is 1.47 bits per heavy atom. The molecule has 1 heterocycles. The number of aromatic nitrogens is 1. The van der Waals surface area contributed by atoms with E-state index in [0.29, 0.717) is 26.3 Å². The zero-order valence-corrected chi connectivity index (χ0v) is 10.1.